The molecule has 0 fully saturated rings. The lowest BCUT2D eigenvalue weighted by molar-refractivity contribution is -0.167. The number of hydrogen-bond donors (Lipinski definition) is 0. The first-order chi connectivity index (χ1) is 33.5. The van der Waals surface area contributed by atoms with E-state index in [0.717, 1.165) is 57.8 Å². The summed E-state index contributed by atoms with van der Waals surface area (Å²) in [6.07, 6.45) is 69.7. The minimum absolute atomic E-state index is 0.0900. The molecule has 0 amide bonds. The topological polar surface area (TPSA) is 78.9 Å². The maximum atomic E-state index is 12.8. The van der Waals surface area contributed by atoms with Gasteiger partial charge in [0.1, 0.15) is 13.2 Å². The molecule has 0 aliphatic heterocycles. The van der Waals surface area contributed by atoms with Gasteiger partial charge >= 0.3 is 17.9 Å². The fourth-order valence-electron chi connectivity index (χ4n) is 8.57. The summed E-state index contributed by atoms with van der Waals surface area (Å²) in [5, 5.41) is 0. The van der Waals surface area contributed by atoms with Crippen LogP contribution in [0.15, 0.2) is 48.6 Å². The summed E-state index contributed by atoms with van der Waals surface area (Å²) < 4.78 is 16.8. The first-order valence-electron chi connectivity index (χ1n) is 29.6. The van der Waals surface area contributed by atoms with Crippen LogP contribution in [-0.2, 0) is 28.6 Å². The lowest BCUT2D eigenvalue weighted by Crippen LogP contribution is -2.30. The molecule has 0 radical (unpaired) electrons. The Morgan fingerprint density at radius 2 is 0.544 bits per heavy atom. The Bertz CT molecular complexity index is 1190. The highest BCUT2D eigenvalue weighted by molar-refractivity contribution is 5.71. The molecule has 396 valence electrons. The van der Waals surface area contributed by atoms with Gasteiger partial charge in [0.15, 0.2) is 6.10 Å². The van der Waals surface area contributed by atoms with Crippen LogP contribution in [0.4, 0.5) is 0 Å². The van der Waals surface area contributed by atoms with E-state index < -0.39 is 6.10 Å². The highest BCUT2D eigenvalue weighted by atomic mass is 16.6. The van der Waals surface area contributed by atoms with Gasteiger partial charge in [-0.05, 0) is 77.0 Å². The van der Waals surface area contributed by atoms with Crippen molar-refractivity contribution in [1.29, 1.82) is 0 Å². The van der Waals surface area contributed by atoms with Gasteiger partial charge in [-0.1, -0.05) is 262 Å². The maximum absolute atomic E-state index is 12.8. The highest BCUT2D eigenvalue weighted by Crippen LogP contribution is 2.16. The van der Waals surface area contributed by atoms with Crippen LogP contribution < -0.4 is 0 Å². The average Bonchev–Trinajstić information content (AvgIpc) is 3.34. The van der Waals surface area contributed by atoms with Gasteiger partial charge in [0.2, 0.25) is 0 Å². The van der Waals surface area contributed by atoms with E-state index in [1.54, 1.807) is 0 Å². The Labute approximate surface area is 422 Å². The van der Waals surface area contributed by atoms with Crippen molar-refractivity contribution in [2.75, 3.05) is 13.2 Å². The van der Waals surface area contributed by atoms with Gasteiger partial charge in [0, 0.05) is 19.3 Å². The highest BCUT2D eigenvalue weighted by Gasteiger charge is 2.19. The lowest BCUT2D eigenvalue weighted by atomic mass is 10.0. The summed E-state index contributed by atoms with van der Waals surface area (Å²) >= 11 is 0. The Morgan fingerprint density at radius 1 is 0.294 bits per heavy atom. The molecule has 0 rings (SSSR count). The number of rotatable bonds is 54. The molecule has 0 aromatic rings. The molecule has 68 heavy (non-hydrogen) atoms. The number of carbonyl (C=O) groups is 3. The number of esters is 3. The summed E-state index contributed by atoms with van der Waals surface area (Å²) in [7, 11) is 0. The van der Waals surface area contributed by atoms with Crippen molar-refractivity contribution >= 4 is 17.9 Å². The fourth-order valence-corrected chi connectivity index (χ4v) is 8.57. The van der Waals surface area contributed by atoms with Gasteiger partial charge in [-0.25, -0.2) is 0 Å². The third-order valence-electron chi connectivity index (χ3n) is 13.1. The quantitative estimate of drug-likeness (QED) is 0.0262. The van der Waals surface area contributed by atoms with Crippen molar-refractivity contribution < 1.29 is 28.6 Å². The Morgan fingerprint density at radius 3 is 0.882 bits per heavy atom. The second-order valence-corrected chi connectivity index (χ2v) is 19.9. The zero-order valence-electron chi connectivity index (χ0n) is 45.4. The van der Waals surface area contributed by atoms with Crippen LogP contribution in [-0.4, -0.2) is 37.2 Å². The Kier molecular flexibility index (Phi) is 54.8. The fraction of sp³-hybridized carbons (Fsp3) is 0.823. The third-order valence-corrected chi connectivity index (χ3v) is 13.1. The van der Waals surface area contributed by atoms with E-state index in [1.165, 1.54) is 205 Å². The molecule has 0 aromatic heterocycles. The molecule has 6 heteroatoms. The molecule has 0 aromatic carbocycles. The van der Waals surface area contributed by atoms with Gasteiger partial charge in [-0.15, -0.1) is 0 Å². The standard InChI is InChI=1S/C62H112O6/c1-4-7-10-13-16-19-22-25-27-29-30-31-32-34-35-37-40-43-46-49-52-55-61(64)67-58-59(57-66-60(63)54-51-48-45-42-39-24-21-18-15-12-9-6-3)68-62(65)56-53-50-47-44-41-38-36-33-28-26-23-20-17-14-11-8-5-2/h25-28,36,38,44,47,59H,4-24,29-35,37,39-43,45-46,48-58H2,1-3H3/b27-25-,28-26-,38-36-,47-44-/t59-/m0/s1. The van der Waals surface area contributed by atoms with Crippen LogP contribution in [0, 0.1) is 0 Å². The average molecular weight is 954 g/mol. The smallest absolute Gasteiger partial charge is 0.306 e. The first kappa shape index (κ1) is 65.4. The number of ether oxygens (including phenoxy) is 3. The minimum atomic E-state index is -0.797. The monoisotopic (exact) mass is 953 g/mol. The predicted molar refractivity (Wildman–Crippen MR) is 293 cm³/mol. The van der Waals surface area contributed by atoms with Crippen LogP contribution in [0.1, 0.15) is 310 Å². The van der Waals surface area contributed by atoms with Crippen LogP contribution >= 0.6 is 0 Å². The van der Waals surface area contributed by atoms with Crippen molar-refractivity contribution in [1.82, 2.24) is 0 Å². The van der Waals surface area contributed by atoms with E-state index in [1.807, 2.05) is 0 Å². The van der Waals surface area contributed by atoms with Crippen molar-refractivity contribution in [2.24, 2.45) is 0 Å². The Balaban J connectivity index is 4.36. The second kappa shape index (κ2) is 57.0. The minimum Gasteiger partial charge on any atom is -0.462 e. The zero-order chi connectivity index (χ0) is 49.3. The van der Waals surface area contributed by atoms with Gasteiger partial charge in [-0.2, -0.15) is 0 Å². The van der Waals surface area contributed by atoms with Crippen molar-refractivity contribution in [2.45, 2.75) is 316 Å². The van der Waals surface area contributed by atoms with E-state index in [-0.39, 0.29) is 37.5 Å². The van der Waals surface area contributed by atoms with E-state index in [0.29, 0.717) is 19.3 Å². The molecule has 0 bridgehead atoms. The number of carbonyl (C=O) groups excluding carboxylic acids is 3. The van der Waals surface area contributed by atoms with Crippen LogP contribution in [0.25, 0.3) is 0 Å². The number of hydrogen-bond acceptors (Lipinski definition) is 6. The van der Waals surface area contributed by atoms with Crippen LogP contribution in [0.3, 0.4) is 0 Å². The lowest BCUT2D eigenvalue weighted by Gasteiger charge is -2.18. The first-order valence-corrected chi connectivity index (χ1v) is 29.6. The normalized spacial score (nSPS) is 12.3. The van der Waals surface area contributed by atoms with Crippen LogP contribution in [0.2, 0.25) is 0 Å². The molecule has 0 unspecified atom stereocenters. The maximum Gasteiger partial charge on any atom is 0.306 e. The van der Waals surface area contributed by atoms with Crippen molar-refractivity contribution in [3.8, 4) is 0 Å². The molecular weight excluding hydrogens is 841 g/mol. The number of unbranched alkanes of at least 4 members (excludes halogenated alkanes) is 35. The van der Waals surface area contributed by atoms with Crippen molar-refractivity contribution in [3.63, 3.8) is 0 Å². The molecule has 0 saturated heterocycles. The van der Waals surface area contributed by atoms with E-state index in [2.05, 4.69) is 69.4 Å². The molecule has 0 aliphatic carbocycles. The summed E-state index contributed by atoms with van der Waals surface area (Å²) in [4.78, 5) is 38.1. The van der Waals surface area contributed by atoms with Gasteiger partial charge in [0.05, 0.1) is 0 Å². The second-order valence-electron chi connectivity index (χ2n) is 19.9. The SMILES string of the molecule is CCCCCCCC/C=C\C/C=C\C/C=C\CCCC(=O)O[C@@H](COC(=O)CCCCCCCCCCCCCC)COC(=O)CCCCCCCCCCCCC/C=C\CCCCCCCC. The molecule has 1 atom stereocenters. The van der Waals surface area contributed by atoms with Crippen molar-refractivity contribution in [3.05, 3.63) is 48.6 Å². The zero-order valence-corrected chi connectivity index (χ0v) is 45.4. The van der Waals surface area contributed by atoms with Gasteiger partial charge in [0.25, 0.3) is 0 Å². The predicted octanol–water partition coefficient (Wildman–Crippen LogP) is 19.8. The van der Waals surface area contributed by atoms with E-state index in [9.17, 15) is 14.4 Å². The molecule has 0 spiro atoms. The number of allylic oxidation sites excluding steroid dienone is 8. The largest absolute Gasteiger partial charge is 0.462 e. The summed E-state index contributed by atoms with van der Waals surface area (Å²) in [5.41, 5.74) is 0. The van der Waals surface area contributed by atoms with Crippen LogP contribution in [0.5, 0.6) is 0 Å². The Hall–Kier alpha value is -2.63. The summed E-state index contributed by atoms with van der Waals surface area (Å²) in [5.74, 6) is -0.929. The molecule has 0 saturated carbocycles. The van der Waals surface area contributed by atoms with Gasteiger partial charge < -0.3 is 14.2 Å². The van der Waals surface area contributed by atoms with E-state index in [4.69, 9.17) is 14.2 Å². The molecule has 6 nitrogen and oxygen atoms in total. The molecular formula is C62H112O6. The molecule has 0 heterocycles. The van der Waals surface area contributed by atoms with Gasteiger partial charge in [-0.3, -0.25) is 14.4 Å². The molecule has 0 N–H and O–H groups in total. The summed E-state index contributed by atoms with van der Waals surface area (Å²) in [6.45, 7) is 6.62. The van der Waals surface area contributed by atoms with E-state index >= 15 is 0 Å². The summed E-state index contributed by atoms with van der Waals surface area (Å²) in [6, 6.07) is 0. The third kappa shape index (κ3) is 54.3. The molecule has 0 aliphatic rings.